The van der Waals surface area contributed by atoms with Crippen LogP contribution in [0.4, 0.5) is 0 Å². The van der Waals surface area contributed by atoms with E-state index in [0.29, 0.717) is 5.92 Å². The van der Waals surface area contributed by atoms with E-state index in [1.165, 1.54) is 16.7 Å². The highest BCUT2D eigenvalue weighted by Gasteiger charge is 2.42. The van der Waals surface area contributed by atoms with Gasteiger partial charge in [0.2, 0.25) is 0 Å². The average Bonchev–Trinajstić information content (AvgIpc) is 3.09. The maximum atomic E-state index is 5.67. The molecular weight excluding hydrogens is 274 g/mol. The first-order chi connectivity index (χ1) is 10.8. The molecule has 0 spiro atoms. The van der Waals surface area contributed by atoms with Crippen LogP contribution in [0.15, 0.2) is 53.9 Å². The van der Waals surface area contributed by atoms with Crippen molar-refractivity contribution in [1.82, 2.24) is 9.88 Å². The van der Waals surface area contributed by atoms with Crippen LogP contribution in [0.2, 0.25) is 0 Å². The van der Waals surface area contributed by atoms with Crippen LogP contribution in [0.25, 0.3) is 0 Å². The SMILES string of the molecule is Cc1ccc(C2=NO[C@H]3CN(Cc4cccnc4)C[C@@H]23)cc1. The summed E-state index contributed by atoms with van der Waals surface area (Å²) in [7, 11) is 0. The Labute approximate surface area is 130 Å². The fourth-order valence-electron chi connectivity index (χ4n) is 3.28. The van der Waals surface area contributed by atoms with Crippen molar-refractivity contribution >= 4 is 5.71 Å². The molecule has 1 aromatic heterocycles. The number of hydrogen-bond acceptors (Lipinski definition) is 4. The van der Waals surface area contributed by atoms with Crippen LogP contribution in [0, 0.1) is 12.8 Å². The van der Waals surface area contributed by atoms with Gasteiger partial charge in [-0.25, -0.2) is 0 Å². The zero-order chi connectivity index (χ0) is 14.9. The summed E-state index contributed by atoms with van der Waals surface area (Å²) in [5.41, 5.74) is 4.79. The lowest BCUT2D eigenvalue weighted by molar-refractivity contribution is 0.0745. The zero-order valence-electron chi connectivity index (χ0n) is 12.6. The van der Waals surface area contributed by atoms with E-state index in [4.69, 9.17) is 4.84 Å². The second-order valence-electron chi connectivity index (χ2n) is 6.15. The van der Waals surface area contributed by atoms with Gasteiger partial charge in [0.1, 0.15) is 6.10 Å². The smallest absolute Gasteiger partial charge is 0.149 e. The summed E-state index contributed by atoms with van der Waals surface area (Å²) >= 11 is 0. The fourth-order valence-corrected chi connectivity index (χ4v) is 3.28. The molecule has 1 fully saturated rings. The van der Waals surface area contributed by atoms with E-state index in [9.17, 15) is 0 Å². The lowest BCUT2D eigenvalue weighted by Gasteiger charge is -2.16. The van der Waals surface area contributed by atoms with E-state index in [-0.39, 0.29) is 6.10 Å². The number of likely N-dealkylation sites (tertiary alicyclic amines) is 1. The summed E-state index contributed by atoms with van der Waals surface area (Å²) in [6, 6.07) is 12.7. The second kappa shape index (κ2) is 5.54. The molecule has 2 aliphatic rings. The molecule has 1 aromatic carbocycles. The number of nitrogens with zero attached hydrogens (tertiary/aromatic N) is 3. The van der Waals surface area contributed by atoms with Crippen molar-refractivity contribution in [2.75, 3.05) is 13.1 Å². The summed E-state index contributed by atoms with van der Waals surface area (Å²) in [6.45, 7) is 4.95. The van der Waals surface area contributed by atoms with Gasteiger partial charge in [-0.05, 0) is 24.1 Å². The highest BCUT2D eigenvalue weighted by atomic mass is 16.6. The third kappa shape index (κ3) is 2.50. The number of pyridine rings is 1. The van der Waals surface area contributed by atoms with E-state index in [1.807, 2.05) is 18.5 Å². The Morgan fingerprint density at radius 1 is 1.18 bits per heavy atom. The monoisotopic (exact) mass is 293 g/mol. The molecule has 2 aliphatic heterocycles. The van der Waals surface area contributed by atoms with Gasteiger partial charge in [0.15, 0.2) is 0 Å². The first kappa shape index (κ1) is 13.5. The molecule has 4 rings (SSSR count). The van der Waals surface area contributed by atoms with Gasteiger partial charge in [0, 0.05) is 32.0 Å². The van der Waals surface area contributed by atoms with E-state index in [1.54, 1.807) is 0 Å². The largest absolute Gasteiger partial charge is 0.390 e. The van der Waals surface area contributed by atoms with Gasteiger partial charge in [0.05, 0.1) is 11.6 Å². The van der Waals surface area contributed by atoms with E-state index in [2.05, 4.69) is 52.3 Å². The van der Waals surface area contributed by atoms with Crippen LogP contribution in [0.1, 0.15) is 16.7 Å². The minimum absolute atomic E-state index is 0.188. The number of aromatic nitrogens is 1. The molecule has 112 valence electrons. The number of fused-ring (bicyclic) bond motifs is 1. The Kier molecular flexibility index (Phi) is 3.39. The first-order valence-electron chi connectivity index (χ1n) is 7.71. The van der Waals surface area contributed by atoms with Crippen LogP contribution in [-0.2, 0) is 11.4 Å². The second-order valence-corrected chi connectivity index (χ2v) is 6.15. The molecule has 1 saturated heterocycles. The van der Waals surface area contributed by atoms with E-state index in [0.717, 1.165) is 25.3 Å². The molecule has 4 heteroatoms. The maximum absolute atomic E-state index is 5.67. The number of hydrogen-bond donors (Lipinski definition) is 0. The van der Waals surface area contributed by atoms with Crippen molar-refractivity contribution in [3.63, 3.8) is 0 Å². The Morgan fingerprint density at radius 3 is 2.82 bits per heavy atom. The molecule has 0 saturated carbocycles. The summed E-state index contributed by atoms with van der Waals surface area (Å²) in [6.07, 6.45) is 3.94. The van der Waals surface area contributed by atoms with Crippen molar-refractivity contribution in [3.8, 4) is 0 Å². The first-order valence-corrected chi connectivity index (χ1v) is 7.71. The van der Waals surface area contributed by atoms with Crippen molar-refractivity contribution < 1.29 is 4.84 Å². The molecule has 0 radical (unpaired) electrons. The molecule has 22 heavy (non-hydrogen) atoms. The highest BCUT2D eigenvalue weighted by molar-refractivity contribution is 6.03. The molecular formula is C18H19N3O. The third-order valence-corrected chi connectivity index (χ3v) is 4.46. The Hall–Kier alpha value is -2.20. The van der Waals surface area contributed by atoms with Crippen molar-refractivity contribution in [1.29, 1.82) is 0 Å². The molecule has 0 N–H and O–H groups in total. The highest BCUT2D eigenvalue weighted by Crippen LogP contribution is 2.30. The molecule has 0 amide bonds. The molecule has 0 aliphatic carbocycles. The van der Waals surface area contributed by atoms with Crippen LogP contribution >= 0.6 is 0 Å². The zero-order valence-corrected chi connectivity index (χ0v) is 12.6. The summed E-state index contributed by atoms with van der Waals surface area (Å²) in [5.74, 6) is 0.374. The maximum Gasteiger partial charge on any atom is 0.149 e. The van der Waals surface area contributed by atoms with Gasteiger partial charge in [-0.15, -0.1) is 0 Å². The Morgan fingerprint density at radius 2 is 2.05 bits per heavy atom. The number of rotatable bonds is 3. The third-order valence-electron chi connectivity index (χ3n) is 4.46. The van der Waals surface area contributed by atoms with Crippen molar-refractivity contribution in [2.45, 2.75) is 19.6 Å². The predicted molar refractivity (Wildman–Crippen MR) is 85.6 cm³/mol. The normalized spacial score (nSPS) is 24.0. The molecule has 0 bridgehead atoms. The molecule has 0 unspecified atom stereocenters. The molecule has 2 atom stereocenters. The summed E-state index contributed by atoms with van der Waals surface area (Å²) in [5, 5.41) is 4.34. The molecule has 4 nitrogen and oxygen atoms in total. The lowest BCUT2D eigenvalue weighted by Crippen LogP contribution is -2.23. The van der Waals surface area contributed by atoms with Gasteiger partial charge >= 0.3 is 0 Å². The van der Waals surface area contributed by atoms with E-state index < -0.39 is 0 Å². The van der Waals surface area contributed by atoms with E-state index >= 15 is 0 Å². The van der Waals surface area contributed by atoms with Crippen LogP contribution in [0.3, 0.4) is 0 Å². The minimum Gasteiger partial charge on any atom is -0.390 e. The quantitative estimate of drug-likeness (QED) is 0.873. The number of benzene rings is 1. The van der Waals surface area contributed by atoms with Gasteiger partial charge in [-0.3, -0.25) is 9.88 Å². The van der Waals surface area contributed by atoms with Crippen LogP contribution in [0.5, 0.6) is 0 Å². The summed E-state index contributed by atoms with van der Waals surface area (Å²) in [4.78, 5) is 12.3. The Balaban J connectivity index is 1.48. The van der Waals surface area contributed by atoms with Crippen molar-refractivity contribution in [3.05, 3.63) is 65.5 Å². The van der Waals surface area contributed by atoms with Crippen molar-refractivity contribution in [2.24, 2.45) is 11.1 Å². The summed E-state index contributed by atoms with van der Waals surface area (Å²) < 4.78 is 0. The number of aryl methyl sites for hydroxylation is 1. The van der Waals surface area contributed by atoms with Gasteiger partial charge < -0.3 is 4.84 Å². The topological polar surface area (TPSA) is 37.7 Å². The molecule has 3 heterocycles. The average molecular weight is 293 g/mol. The van der Waals surface area contributed by atoms with Gasteiger partial charge in [0.25, 0.3) is 0 Å². The molecule has 2 aromatic rings. The van der Waals surface area contributed by atoms with Crippen LogP contribution in [-0.4, -0.2) is 34.8 Å². The van der Waals surface area contributed by atoms with Gasteiger partial charge in [-0.1, -0.05) is 41.1 Å². The van der Waals surface area contributed by atoms with Crippen LogP contribution < -0.4 is 0 Å². The minimum atomic E-state index is 0.188. The Bertz CT molecular complexity index is 681. The predicted octanol–water partition coefficient (Wildman–Crippen LogP) is 2.62. The number of oxime groups is 1. The lowest BCUT2D eigenvalue weighted by atomic mass is 9.94. The standard InChI is InChI=1S/C18H19N3O/c1-13-4-6-15(7-5-13)18-16-11-21(12-17(16)22-20-18)10-14-3-2-8-19-9-14/h2-9,16-17H,10-12H2,1H3/t16-,17+/m1/s1. The van der Waals surface area contributed by atoms with Gasteiger partial charge in [-0.2, -0.15) is 0 Å². The fraction of sp³-hybridized carbons (Fsp3) is 0.333.